The van der Waals surface area contributed by atoms with Crippen molar-refractivity contribution in [3.05, 3.63) is 55.1 Å². The van der Waals surface area contributed by atoms with E-state index in [1.165, 1.54) is 17.2 Å². The number of nitrogens with zero attached hydrogens (tertiary/aromatic N) is 4. The first-order chi connectivity index (χ1) is 16.0. The van der Waals surface area contributed by atoms with Gasteiger partial charge in [-0.2, -0.15) is 0 Å². The summed E-state index contributed by atoms with van der Waals surface area (Å²) in [6.45, 7) is 0.720. The number of hydrogen-bond donors (Lipinski definition) is 4. The van der Waals surface area contributed by atoms with E-state index >= 15 is 0 Å². The fraction of sp³-hybridized carbons (Fsp3) is 0.364. The van der Waals surface area contributed by atoms with Crippen molar-refractivity contribution in [1.29, 1.82) is 0 Å². The molecule has 1 amide bonds. The predicted molar refractivity (Wildman–Crippen MR) is 119 cm³/mol. The lowest BCUT2D eigenvalue weighted by molar-refractivity contribution is -0.121. The SMILES string of the molecule is Nc1ncnc2c1ncn2[C@@H]1O[C@H](/C=C/CNC(=O)CCCOc2ccccc2)[C@@H](O)[C@H]1O. The number of ether oxygens (including phenoxy) is 2. The van der Waals surface area contributed by atoms with Crippen molar-refractivity contribution in [3.8, 4) is 5.75 Å². The number of amides is 1. The zero-order valence-electron chi connectivity index (χ0n) is 17.8. The molecule has 1 saturated heterocycles. The number of benzene rings is 1. The van der Waals surface area contributed by atoms with E-state index in [4.69, 9.17) is 15.2 Å². The molecule has 0 bridgehead atoms. The fourth-order valence-corrected chi connectivity index (χ4v) is 3.53. The summed E-state index contributed by atoms with van der Waals surface area (Å²) in [6, 6.07) is 9.43. The first-order valence-corrected chi connectivity index (χ1v) is 10.6. The van der Waals surface area contributed by atoms with Crippen LogP contribution in [0.15, 0.2) is 55.1 Å². The van der Waals surface area contributed by atoms with E-state index in [0.717, 1.165) is 5.75 Å². The lowest BCUT2D eigenvalue weighted by Gasteiger charge is -2.16. The summed E-state index contributed by atoms with van der Waals surface area (Å²) in [7, 11) is 0. The van der Waals surface area contributed by atoms with Crippen LogP contribution in [-0.2, 0) is 9.53 Å². The van der Waals surface area contributed by atoms with Gasteiger partial charge in [0, 0.05) is 13.0 Å². The standard InChI is InChI=1S/C22H26N6O5/c23-20-17-21(26-12-25-20)28(13-27-17)22-19(31)18(30)15(33-22)8-4-10-24-16(29)9-5-11-32-14-6-2-1-3-7-14/h1-4,6-8,12-13,15,18-19,22,30-31H,5,9-11H2,(H,24,29)(H2,23,25,26)/b8-4+/t15-,18-,19-,22-/m1/s1. The Balaban J connectivity index is 1.23. The second-order valence-electron chi connectivity index (χ2n) is 7.55. The molecule has 0 aliphatic carbocycles. The lowest BCUT2D eigenvalue weighted by Crippen LogP contribution is -2.31. The van der Waals surface area contributed by atoms with Gasteiger partial charge >= 0.3 is 0 Å². The van der Waals surface area contributed by atoms with Crippen molar-refractivity contribution in [2.24, 2.45) is 0 Å². The van der Waals surface area contributed by atoms with Crippen LogP contribution in [0.3, 0.4) is 0 Å². The highest BCUT2D eigenvalue weighted by Gasteiger charge is 2.43. The molecule has 0 unspecified atom stereocenters. The summed E-state index contributed by atoms with van der Waals surface area (Å²) in [6.07, 6.45) is 2.92. The van der Waals surface area contributed by atoms with Gasteiger partial charge in [-0.3, -0.25) is 9.36 Å². The Kier molecular flexibility index (Phi) is 7.13. The number of carbonyl (C=O) groups is 1. The quantitative estimate of drug-likeness (QED) is 0.268. The second kappa shape index (κ2) is 10.4. The number of imidazole rings is 1. The number of rotatable bonds is 9. The van der Waals surface area contributed by atoms with Gasteiger partial charge in [0.05, 0.1) is 12.9 Å². The van der Waals surface area contributed by atoms with Crippen molar-refractivity contribution >= 4 is 22.9 Å². The fourth-order valence-electron chi connectivity index (χ4n) is 3.53. The Morgan fingerprint density at radius 3 is 2.85 bits per heavy atom. The molecule has 1 aliphatic heterocycles. The van der Waals surface area contributed by atoms with Crippen LogP contribution >= 0.6 is 0 Å². The summed E-state index contributed by atoms with van der Waals surface area (Å²) in [4.78, 5) is 24.1. The molecule has 0 spiro atoms. The van der Waals surface area contributed by atoms with E-state index in [9.17, 15) is 15.0 Å². The number of aliphatic hydroxyl groups is 2. The summed E-state index contributed by atoms with van der Waals surface area (Å²) in [5.74, 6) is 0.880. The second-order valence-corrected chi connectivity index (χ2v) is 7.55. The number of para-hydroxylation sites is 1. The van der Waals surface area contributed by atoms with Crippen LogP contribution in [0.4, 0.5) is 5.82 Å². The van der Waals surface area contributed by atoms with Gasteiger partial charge < -0.3 is 30.7 Å². The Hall–Kier alpha value is -3.54. The number of fused-ring (bicyclic) bond motifs is 1. The molecule has 2 aromatic heterocycles. The maximum absolute atomic E-state index is 12.0. The molecule has 0 saturated carbocycles. The highest BCUT2D eigenvalue weighted by atomic mass is 16.6. The molecule has 11 nitrogen and oxygen atoms in total. The third-order valence-electron chi connectivity index (χ3n) is 5.24. The molecule has 1 aromatic carbocycles. The molecule has 174 valence electrons. The summed E-state index contributed by atoms with van der Waals surface area (Å²) in [5, 5.41) is 23.6. The average Bonchev–Trinajstić information content (AvgIpc) is 3.37. The van der Waals surface area contributed by atoms with Crippen LogP contribution in [-0.4, -0.2) is 67.1 Å². The largest absolute Gasteiger partial charge is 0.494 e. The number of hydrogen-bond acceptors (Lipinski definition) is 9. The maximum atomic E-state index is 12.0. The minimum atomic E-state index is -1.20. The van der Waals surface area contributed by atoms with Gasteiger partial charge in [-0.15, -0.1) is 0 Å². The summed E-state index contributed by atoms with van der Waals surface area (Å²) < 4.78 is 12.9. The van der Waals surface area contributed by atoms with Gasteiger partial charge in [0.25, 0.3) is 0 Å². The van der Waals surface area contributed by atoms with Crippen LogP contribution in [0.5, 0.6) is 5.75 Å². The van der Waals surface area contributed by atoms with Crippen molar-refractivity contribution < 1.29 is 24.5 Å². The first-order valence-electron chi connectivity index (χ1n) is 10.6. The highest BCUT2D eigenvalue weighted by molar-refractivity contribution is 5.81. The molecule has 4 rings (SSSR count). The molecule has 5 N–H and O–H groups in total. The van der Waals surface area contributed by atoms with Crippen LogP contribution in [0.1, 0.15) is 19.1 Å². The van der Waals surface area contributed by atoms with E-state index < -0.39 is 24.5 Å². The van der Waals surface area contributed by atoms with Crippen molar-refractivity contribution in [2.75, 3.05) is 18.9 Å². The molecule has 1 aliphatic rings. The highest BCUT2D eigenvalue weighted by Crippen LogP contribution is 2.32. The number of nitrogen functional groups attached to an aromatic ring is 1. The topological polar surface area (TPSA) is 158 Å². The zero-order valence-corrected chi connectivity index (χ0v) is 17.8. The number of nitrogens with two attached hydrogens (primary N) is 1. The van der Waals surface area contributed by atoms with Crippen LogP contribution in [0.2, 0.25) is 0 Å². The van der Waals surface area contributed by atoms with Gasteiger partial charge in [-0.05, 0) is 18.6 Å². The van der Waals surface area contributed by atoms with Gasteiger partial charge in [-0.25, -0.2) is 15.0 Å². The maximum Gasteiger partial charge on any atom is 0.220 e. The molecule has 3 heterocycles. The number of aliphatic hydroxyl groups excluding tert-OH is 2. The van der Waals surface area contributed by atoms with Crippen molar-refractivity contribution in [1.82, 2.24) is 24.8 Å². The van der Waals surface area contributed by atoms with Crippen LogP contribution < -0.4 is 15.8 Å². The Labute approximate surface area is 189 Å². The van der Waals surface area contributed by atoms with E-state index in [1.54, 1.807) is 12.2 Å². The van der Waals surface area contributed by atoms with E-state index in [0.29, 0.717) is 30.6 Å². The Morgan fingerprint density at radius 2 is 2.03 bits per heavy atom. The third kappa shape index (κ3) is 5.28. The first kappa shape index (κ1) is 22.6. The lowest BCUT2D eigenvalue weighted by atomic mass is 10.1. The van der Waals surface area contributed by atoms with Crippen molar-refractivity contribution in [2.45, 2.75) is 37.4 Å². The minimum Gasteiger partial charge on any atom is -0.494 e. The number of aromatic nitrogens is 4. The molecular weight excluding hydrogens is 428 g/mol. The van der Waals surface area contributed by atoms with E-state index in [1.807, 2.05) is 30.3 Å². The summed E-state index contributed by atoms with van der Waals surface area (Å²) in [5.41, 5.74) is 6.58. The summed E-state index contributed by atoms with van der Waals surface area (Å²) >= 11 is 0. The number of anilines is 1. The minimum absolute atomic E-state index is 0.107. The molecule has 4 atom stereocenters. The molecule has 33 heavy (non-hydrogen) atoms. The van der Waals surface area contributed by atoms with Gasteiger partial charge in [0.2, 0.25) is 5.91 Å². The molecule has 1 fully saturated rings. The number of carbonyl (C=O) groups excluding carboxylic acids is 1. The zero-order chi connectivity index (χ0) is 23.2. The smallest absolute Gasteiger partial charge is 0.220 e. The number of nitrogens with one attached hydrogen (secondary N) is 1. The molecular formula is C22H26N6O5. The van der Waals surface area contributed by atoms with Gasteiger partial charge in [0.1, 0.15) is 35.9 Å². The van der Waals surface area contributed by atoms with E-state index in [2.05, 4.69) is 20.3 Å². The Morgan fingerprint density at radius 1 is 1.21 bits per heavy atom. The Bertz CT molecular complexity index is 1110. The molecule has 0 radical (unpaired) electrons. The van der Waals surface area contributed by atoms with Crippen LogP contribution in [0, 0.1) is 0 Å². The third-order valence-corrected chi connectivity index (χ3v) is 5.24. The molecule has 3 aromatic rings. The van der Waals surface area contributed by atoms with Gasteiger partial charge in [0.15, 0.2) is 17.7 Å². The monoisotopic (exact) mass is 454 g/mol. The van der Waals surface area contributed by atoms with Crippen LogP contribution in [0.25, 0.3) is 11.2 Å². The normalized spacial score (nSPS) is 22.7. The van der Waals surface area contributed by atoms with E-state index in [-0.39, 0.29) is 18.3 Å². The molecule has 11 heteroatoms. The van der Waals surface area contributed by atoms with Crippen molar-refractivity contribution in [3.63, 3.8) is 0 Å². The average molecular weight is 454 g/mol. The predicted octanol–water partition coefficient (Wildman–Crippen LogP) is 0.559. The van der Waals surface area contributed by atoms with Gasteiger partial charge in [-0.1, -0.05) is 30.4 Å².